The highest BCUT2D eigenvalue weighted by atomic mass is 32.1. The van der Waals surface area contributed by atoms with Crippen molar-refractivity contribution in [2.24, 2.45) is 5.73 Å². The van der Waals surface area contributed by atoms with E-state index in [4.69, 9.17) is 5.73 Å². The standard InChI is InChI=1S/C10H11FNOS/c11-9-4-2-1-3-7(9)8(5-6-14)10(12)13/h1-4,14H,5-6H2,(H2,12,13). The SMILES string of the molecule is NC(=O)[C](CCS)c1ccccc1F. The minimum atomic E-state index is -0.593. The Morgan fingerprint density at radius 3 is 2.57 bits per heavy atom. The van der Waals surface area contributed by atoms with Crippen molar-refractivity contribution >= 4 is 18.5 Å². The third-order valence-corrected chi connectivity index (χ3v) is 2.08. The summed E-state index contributed by atoms with van der Waals surface area (Å²) in [5.41, 5.74) is 5.42. The molecule has 1 rings (SSSR count). The van der Waals surface area contributed by atoms with E-state index in [1.807, 2.05) is 0 Å². The van der Waals surface area contributed by atoms with Crippen molar-refractivity contribution in [3.05, 3.63) is 41.6 Å². The van der Waals surface area contributed by atoms with Crippen LogP contribution >= 0.6 is 12.6 Å². The summed E-state index contributed by atoms with van der Waals surface area (Å²) in [6.07, 6.45) is 0.374. The normalized spacial score (nSPS) is 10.5. The van der Waals surface area contributed by atoms with Crippen molar-refractivity contribution < 1.29 is 9.18 Å². The minimum Gasteiger partial charge on any atom is -0.369 e. The summed E-state index contributed by atoms with van der Waals surface area (Å²) in [5, 5.41) is 0. The highest BCUT2D eigenvalue weighted by molar-refractivity contribution is 7.80. The number of hydrogen-bond acceptors (Lipinski definition) is 2. The van der Waals surface area contributed by atoms with Crippen molar-refractivity contribution in [2.75, 3.05) is 5.75 Å². The van der Waals surface area contributed by atoms with Gasteiger partial charge in [0.25, 0.3) is 0 Å². The van der Waals surface area contributed by atoms with Gasteiger partial charge in [-0.1, -0.05) is 18.2 Å². The largest absolute Gasteiger partial charge is 0.369 e. The van der Waals surface area contributed by atoms with Crippen molar-refractivity contribution in [1.82, 2.24) is 0 Å². The van der Waals surface area contributed by atoms with Crippen LogP contribution in [0, 0.1) is 11.7 Å². The highest BCUT2D eigenvalue weighted by Crippen LogP contribution is 2.21. The lowest BCUT2D eigenvalue weighted by Crippen LogP contribution is -2.23. The molecule has 0 aliphatic heterocycles. The van der Waals surface area contributed by atoms with E-state index in [1.54, 1.807) is 18.2 Å². The van der Waals surface area contributed by atoms with Crippen LogP contribution in [0.4, 0.5) is 4.39 Å². The maximum absolute atomic E-state index is 13.3. The Bertz CT molecular complexity index is 330. The molecule has 0 saturated carbocycles. The quantitative estimate of drug-likeness (QED) is 0.731. The van der Waals surface area contributed by atoms with E-state index < -0.39 is 11.7 Å². The number of benzene rings is 1. The van der Waals surface area contributed by atoms with E-state index >= 15 is 0 Å². The van der Waals surface area contributed by atoms with Crippen LogP contribution in [-0.2, 0) is 4.79 Å². The first-order valence-corrected chi connectivity index (χ1v) is 4.81. The zero-order chi connectivity index (χ0) is 10.6. The number of carbonyl (C=O) groups excluding carboxylic acids is 1. The number of halogens is 1. The molecular weight excluding hydrogens is 201 g/mol. The molecule has 0 aromatic heterocycles. The number of primary amides is 1. The predicted octanol–water partition coefficient (Wildman–Crippen LogP) is 1.55. The van der Waals surface area contributed by atoms with Crippen LogP contribution in [0.2, 0.25) is 0 Å². The maximum Gasteiger partial charge on any atom is 0.229 e. The van der Waals surface area contributed by atoms with Crippen molar-refractivity contribution in [2.45, 2.75) is 6.42 Å². The van der Waals surface area contributed by atoms with E-state index in [0.29, 0.717) is 12.2 Å². The lowest BCUT2D eigenvalue weighted by molar-refractivity contribution is -0.116. The van der Waals surface area contributed by atoms with Gasteiger partial charge in [0.15, 0.2) is 0 Å². The summed E-state index contributed by atoms with van der Waals surface area (Å²) < 4.78 is 13.3. The first kappa shape index (κ1) is 11.0. The van der Waals surface area contributed by atoms with Gasteiger partial charge in [-0.3, -0.25) is 4.79 Å². The zero-order valence-electron chi connectivity index (χ0n) is 7.53. The van der Waals surface area contributed by atoms with Crippen LogP contribution < -0.4 is 5.73 Å². The van der Waals surface area contributed by atoms with Gasteiger partial charge in [-0.25, -0.2) is 4.39 Å². The third kappa shape index (κ3) is 2.48. The molecule has 2 N–H and O–H groups in total. The van der Waals surface area contributed by atoms with Crippen LogP contribution in [0.3, 0.4) is 0 Å². The second kappa shape index (κ2) is 5.00. The molecule has 0 heterocycles. The minimum absolute atomic E-state index is 0.272. The van der Waals surface area contributed by atoms with Gasteiger partial charge in [0.2, 0.25) is 5.91 Å². The highest BCUT2D eigenvalue weighted by Gasteiger charge is 2.20. The van der Waals surface area contributed by atoms with Crippen LogP contribution in [0.25, 0.3) is 0 Å². The van der Waals surface area contributed by atoms with Crippen molar-refractivity contribution in [3.63, 3.8) is 0 Å². The lowest BCUT2D eigenvalue weighted by Gasteiger charge is -2.11. The molecule has 1 amide bonds. The molecule has 0 bridgehead atoms. The molecule has 0 aliphatic carbocycles. The van der Waals surface area contributed by atoms with Gasteiger partial charge in [-0.2, -0.15) is 12.6 Å². The van der Waals surface area contributed by atoms with E-state index in [-0.39, 0.29) is 11.5 Å². The molecule has 1 radical (unpaired) electrons. The van der Waals surface area contributed by atoms with Gasteiger partial charge in [-0.15, -0.1) is 0 Å². The predicted molar refractivity (Wildman–Crippen MR) is 56.4 cm³/mol. The fraction of sp³-hybridized carbons (Fsp3) is 0.200. The Hall–Kier alpha value is -1.03. The number of hydrogen-bond donors (Lipinski definition) is 2. The summed E-state index contributed by atoms with van der Waals surface area (Å²) in [6.45, 7) is 0. The summed E-state index contributed by atoms with van der Waals surface area (Å²) in [5.74, 6) is -0.266. The number of amides is 1. The number of rotatable bonds is 4. The molecule has 14 heavy (non-hydrogen) atoms. The summed E-state index contributed by atoms with van der Waals surface area (Å²) in [7, 11) is 0. The molecular formula is C10H11FNOS. The molecule has 0 aliphatic rings. The molecule has 1 aromatic rings. The van der Waals surface area contributed by atoms with E-state index in [9.17, 15) is 9.18 Å². The summed E-state index contributed by atoms with van der Waals surface area (Å²) in [4.78, 5) is 11.0. The van der Waals surface area contributed by atoms with Crippen LogP contribution in [-0.4, -0.2) is 11.7 Å². The Balaban J connectivity index is 2.99. The Morgan fingerprint density at radius 1 is 1.43 bits per heavy atom. The van der Waals surface area contributed by atoms with Crippen LogP contribution in [0.5, 0.6) is 0 Å². The molecule has 2 nitrogen and oxygen atoms in total. The maximum atomic E-state index is 13.3. The third-order valence-electron chi connectivity index (χ3n) is 1.86. The molecule has 4 heteroatoms. The van der Waals surface area contributed by atoms with Crippen LogP contribution in [0.15, 0.2) is 24.3 Å². The van der Waals surface area contributed by atoms with Gasteiger partial charge in [0.05, 0.1) is 5.92 Å². The first-order valence-electron chi connectivity index (χ1n) is 4.18. The lowest BCUT2D eigenvalue weighted by atomic mass is 9.95. The van der Waals surface area contributed by atoms with E-state index in [1.165, 1.54) is 6.07 Å². The Morgan fingerprint density at radius 2 is 2.07 bits per heavy atom. The second-order valence-electron chi connectivity index (χ2n) is 2.80. The first-order chi connectivity index (χ1) is 6.66. The van der Waals surface area contributed by atoms with Gasteiger partial charge in [0.1, 0.15) is 5.82 Å². The zero-order valence-corrected chi connectivity index (χ0v) is 8.43. The topological polar surface area (TPSA) is 43.1 Å². The van der Waals surface area contributed by atoms with Gasteiger partial charge >= 0.3 is 0 Å². The summed E-state index contributed by atoms with van der Waals surface area (Å²) >= 11 is 3.99. The molecule has 1 aromatic carbocycles. The second-order valence-corrected chi connectivity index (χ2v) is 3.24. The van der Waals surface area contributed by atoms with Gasteiger partial charge < -0.3 is 5.73 Å². The smallest absolute Gasteiger partial charge is 0.229 e. The molecule has 75 valence electrons. The average molecular weight is 212 g/mol. The number of thiol groups is 1. The van der Waals surface area contributed by atoms with Crippen molar-refractivity contribution in [3.8, 4) is 0 Å². The van der Waals surface area contributed by atoms with Gasteiger partial charge in [-0.05, 0) is 18.2 Å². The Kier molecular flexibility index (Phi) is 3.95. The molecule has 0 atom stereocenters. The molecule has 0 fully saturated rings. The number of nitrogens with two attached hydrogens (primary N) is 1. The molecule has 0 spiro atoms. The van der Waals surface area contributed by atoms with Crippen molar-refractivity contribution in [1.29, 1.82) is 0 Å². The fourth-order valence-corrected chi connectivity index (χ4v) is 1.43. The number of carbonyl (C=O) groups is 1. The van der Waals surface area contributed by atoms with Gasteiger partial charge in [0, 0.05) is 5.56 Å². The summed E-state index contributed by atoms with van der Waals surface area (Å²) in [6, 6.07) is 6.08. The molecule has 0 saturated heterocycles. The Labute approximate surface area is 87.7 Å². The van der Waals surface area contributed by atoms with E-state index in [2.05, 4.69) is 12.6 Å². The van der Waals surface area contributed by atoms with Crippen LogP contribution in [0.1, 0.15) is 12.0 Å². The average Bonchev–Trinajstić information content (AvgIpc) is 2.15. The monoisotopic (exact) mass is 212 g/mol. The fourth-order valence-electron chi connectivity index (χ4n) is 1.21. The van der Waals surface area contributed by atoms with E-state index in [0.717, 1.165) is 0 Å². The molecule has 0 unspecified atom stereocenters.